The average molecular weight is 1120 g/mol. The molecule has 0 aromatic carbocycles. The molecule has 0 aromatic heterocycles. The number of aliphatic hydroxyl groups excluding tert-OH is 2. The molecule has 2 unspecified atom stereocenters. The maximum absolute atomic E-state index is 12.5. The minimum absolute atomic E-state index is 0.00414. The average Bonchev–Trinajstić information content (AvgIpc) is 3.46. The van der Waals surface area contributed by atoms with Crippen molar-refractivity contribution < 1.29 is 24.5 Å². The summed E-state index contributed by atoms with van der Waals surface area (Å²) in [7, 11) is 0. The zero-order valence-corrected chi connectivity index (χ0v) is 54.1. The molecule has 2 atom stereocenters. The highest BCUT2D eigenvalue weighted by Crippen LogP contribution is 2.19. The van der Waals surface area contributed by atoms with Gasteiger partial charge in [-0.05, 0) is 57.8 Å². The second kappa shape index (κ2) is 69.6. The number of carbonyl (C=O) groups is 2. The van der Waals surface area contributed by atoms with Crippen LogP contribution in [0.3, 0.4) is 0 Å². The predicted molar refractivity (Wildman–Crippen MR) is 352 cm³/mol. The van der Waals surface area contributed by atoms with Crippen molar-refractivity contribution in [3.8, 4) is 0 Å². The number of esters is 1. The summed E-state index contributed by atoms with van der Waals surface area (Å²) in [5, 5.41) is 23.3. The van der Waals surface area contributed by atoms with Gasteiger partial charge in [0.05, 0.1) is 25.4 Å². The van der Waals surface area contributed by atoms with Crippen molar-refractivity contribution in [2.45, 2.75) is 411 Å². The zero-order chi connectivity index (χ0) is 57.8. The molecule has 80 heavy (non-hydrogen) atoms. The monoisotopic (exact) mass is 1120 g/mol. The van der Waals surface area contributed by atoms with Gasteiger partial charge in [-0.2, -0.15) is 0 Å². The van der Waals surface area contributed by atoms with Gasteiger partial charge >= 0.3 is 5.97 Å². The SMILES string of the molecule is CCC/C=C\C/C=C\CCCCCCCC(=O)OCCCCCCCCCCCCCCCCCCCCCCCCCCCCCCCC(=O)NC(CO)C(O)/C=C/CCCCCCCCCCCCCCCCCCCCC. The van der Waals surface area contributed by atoms with E-state index in [4.69, 9.17) is 4.74 Å². The Bertz CT molecular complexity index is 1300. The largest absolute Gasteiger partial charge is 0.466 e. The third-order valence-electron chi connectivity index (χ3n) is 16.9. The predicted octanol–water partition coefficient (Wildman–Crippen LogP) is 23.5. The number of allylic oxidation sites excluding steroid dienone is 5. The van der Waals surface area contributed by atoms with Crippen LogP contribution in [0.5, 0.6) is 0 Å². The van der Waals surface area contributed by atoms with Gasteiger partial charge in [0, 0.05) is 12.8 Å². The summed E-state index contributed by atoms with van der Waals surface area (Å²) in [4.78, 5) is 24.6. The normalized spacial score (nSPS) is 12.7. The van der Waals surface area contributed by atoms with Crippen LogP contribution in [0.15, 0.2) is 36.5 Å². The molecule has 0 spiro atoms. The summed E-state index contributed by atoms with van der Waals surface area (Å²) >= 11 is 0. The highest BCUT2D eigenvalue weighted by Gasteiger charge is 2.18. The van der Waals surface area contributed by atoms with Gasteiger partial charge in [0.1, 0.15) is 0 Å². The van der Waals surface area contributed by atoms with Crippen LogP contribution < -0.4 is 5.32 Å². The minimum Gasteiger partial charge on any atom is -0.466 e. The number of unbranched alkanes of at least 4 members (excludes halogenated alkanes) is 53. The lowest BCUT2D eigenvalue weighted by atomic mass is 10.0. The molecule has 0 heterocycles. The Labute approximate surface area is 500 Å². The Morgan fingerprint density at radius 1 is 0.350 bits per heavy atom. The summed E-state index contributed by atoms with van der Waals surface area (Å²) < 4.78 is 5.48. The van der Waals surface area contributed by atoms with Crippen molar-refractivity contribution in [1.82, 2.24) is 5.32 Å². The van der Waals surface area contributed by atoms with Crippen molar-refractivity contribution in [3.63, 3.8) is 0 Å². The van der Waals surface area contributed by atoms with Gasteiger partial charge in [-0.25, -0.2) is 0 Å². The molecule has 0 aliphatic heterocycles. The number of hydrogen-bond donors (Lipinski definition) is 3. The van der Waals surface area contributed by atoms with Gasteiger partial charge in [0.15, 0.2) is 0 Å². The fourth-order valence-electron chi connectivity index (χ4n) is 11.4. The van der Waals surface area contributed by atoms with Gasteiger partial charge in [0.2, 0.25) is 5.91 Å². The third kappa shape index (κ3) is 65.2. The van der Waals surface area contributed by atoms with Gasteiger partial charge in [-0.3, -0.25) is 9.59 Å². The molecule has 0 bridgehead atoms. The van der Waals surface area contributed by atoms with Gasteiger partial charge in [0.25, 0.3) is 0 Å². The molecule has 0 aromatic rings. The number of rotatable bonds is 68. The lowest BCUT2D eigenvalue weighted by molar-refractivity contribution is -0.143. The highest BCUT2D eigenvalue weighted by molar-refractivity contribution is 5.76. The van der Waals surface area contributed by atoms with Crippen LogP contribution in [0.1, 0.15) is 399 Å². The Morgan fingerprint density at radius 2 is 0.650 bits per heavy atom. The van der Waals surface area contributed by atoms with E-state index in [-0.39, 0.29) is 18.5 Å². The summed E-state index contributed by atoms with van der Waals surface area (Å²) in [6.45, 7) is 4.87. The maximum Gasteiger partial charge on any atom is 0.305 e. The number of nitrogens with one attached hydrogen (secondary N) is 1. The van der Waals surface area contributed by atoms with Crippen LogP contribution in [-0.4, -0.2) is 47.4 Å². The Hall–Kier alpha value is -1.92. The second-order valence-electron chi connectivity index (χ2n) is 24.9. The summed E-state index contributed by atoms with van der Waals surface area (Å²) in [5.41, 5.74) is 0. The van der Waals surface area contributed by atoms with E-state index in [0.717, 1.165) is 51.4 Å². The van der Waals surface area contributed by atoms with Crippen molar-refractivity contribution in [1.29, 1.82) is 0 Å². The van der Waals surface area contributed by atoms with Crippen molar-refractivity contribution in [2.24, 2.45) is 0 Å². The van der Waals surface area contributed by atoms with Crippen LogP contribution >= 0.6 is 0 Å². The molecule has 6 heteroatoms. The summed E-state index contributed by atoms with van der Waals surface area (Å²) in [6.07, 6.45) is 89.5. The number of amides is 1. The summed E-state index contributed by atoms with van der Waals surface area (Å²) in [5.74, 6) is -0.0564. The van der Waals surface area contributed by atoms with E-state index in [1.165, 1.54) is 321 Å². The van der Waals surface area contributed by atoms with Crippen LogP contribution in [0, 0.1) is 0 Å². The Morgan fingerprint density at radius 3 is 1.00 bits per heavy atom. The zero-order valence-electron chi connectivity index (χ0n) is 54.1. The molecule has 472 valence electrons. The van der Waals surface area contributed by atoms with Gasteiger partial charge in [-0.15, -0.1) is 0 Å². The fourth-order valence-corrected chi connectivity index (χ4v) is 11.4. The fraction of sp³-hybridized carbons (Fsp3) is 0.892. The minimum atomic E-state index is -0.843. The smallest absolute Gasteiger partial charge is 0.305 e. The first-order chi connectivity index (χ1) is 39.5. The van der Waals surface area contributed by atoms with Crippen LogP contribution in [0.25, 0.3) is 0 Å². The lowest BCUT2D eigenvalue weighted by Gasteiger charge is -2.20. The van der Waals surface area contributed by atoms with Crippen molar-refractivity contribution in [3.05, 3.63) is 36.5 Å². The molecule has 0 rings (SSSR count). The summed E-state index contributed by atoms with van der Waals surface area (Å²) in [6, 6.07) is -0.626. The van der Waals surface area contributed by atoms with E-state index < -0.39 is 12.1 Å². The van der Waals surface area contributed by atoms with Crippen LogP contribution in [-0.2, 0) is 14.3 Å². The molecule has 0 aliphatic carbocycles. The first kappa shape index (κ1) is 78.1. The van der Waals surface area contributed by atoms with Crippen LogP contribution in [0.4, 0.5) is 0 Å². The molecular formula is C74H141NO5. The number of carbonyl (C=O) groups excluding carboxylic acids is 2. The molecule has 0 radical (unpaired) electrons. The quantitative estimate of drug-likeness (QED) is 0.0320. The molecule has 0 saturated heterocycles. The first-order valence-corrected chi connectivity index (χ1v) is 36.3. The molecule has 0 saturated carbocycles. The van der Waals surface area contributed by atoms with E-state index in [9.17, 15) is 19.8 Å². The standard InChI is InChI=1S/C74H141NO5/c1-3-5-7-9-11-13-15-17-18-19-20-30-33-36-39-43-46-50-54-58-62-66-72(77)71(70-76)75-73(78)67-63-59-55-51-47-44-40-37-34-31-28-26-24-22-21-23-25-27-29-32-35-38-41-45-49-53-57-61-65-69-80-74(79)68-64-60-56-52-48-42-16-14-12-10-8-6-4-2/h8,10,14,16,62,66,71-72,76-77H,3-7,9,11-13,15,17-61,63-65,67-70H2,1-2H3,(H,75,78)/b10-8-,16-14-,66-62+. The van der Waals surface area contributed by atoms with Gasteiger partial charge < -0.3 is 20.3 Å². The van der Waals surface area contributed by atoms with Crippen molar-refractivity contribution in [2.75, 3.05) is 13.2 Å². The maximum atomic E-state index is 12.5. The highest BCUT2D eigenvalue weighted by atomic mass is 16.5. The van der Waals surface area contributed by atoms with Crippen LogP contribution in [0.2, 0.25) is 0 Å². The van der Waals surface area contributed by atoms with Gasteiger partial charge in [-0.1, -0.05) is 365 Å². The Balaban J connectivity index is 3.37. The molecule has 0 aliphatic rings. The molecule has 1 amide bonds. The third-order valence-corrected chi connectivity index (χ3v) is 16.9. The lowest BCUT2D eigenvalue weighted by Crippen LogP contribution is -2.45. The van der Waals surface area contributed by atoms with E-state index >= 15 is 0 Å². The molecular weight excluding hydrogens is 983 g/mol. The number of aliphatic hydroxyl groups is 2. The van der Waals surface area contributed by atoms with E-state index in [1.807, 2.05) is 6.08 Å². The Kier molecular flexibility index (Phi) is 67.9. The van der Waals surface area contributed by atoms with Crippen molar-refractivity contribution >= 4 is 11.9 Å². The molecule has 3 N–H and O–H groups in total. The molecule has 6 nitrogen and oxygen atoms in total. The number of ether oxygens (including phenoxy) is 1. The molecule has 0 fully saturated rings. The number of hydrogen-bond acceptors (Lipinski definition) is 5. The van der Waals surface area contributed by atoms with E-state index in [1.54, 1.807) is 6.08 Å². The van der Waals surface area contributed by atoms with E-state index in [2.05, 4.69) is 43.5 Å². The topological polar surface area (TPSA) is 95.9 Å². The first-order valence-electron chi connectivity index (χ1n) is 36.3. The second-order valence-corrected chi connectivity index (χ2v) is 24.9. The van der Waals surface area contributed by atoms with E-state index in [0.29, 0.717) is 19.4 Å².